The zero-order valence-electron chi connectivity index (χ0n) is 17.7. The average Bonchev–Trinajstić information content (AvgIpc) is 2.96. The van der Waals surface area contributed by atoms with Crippen molar-refractivity contribution in [2.45, 2.75) is 25.0 Å². The van der Waals surface area contributed by atoms with Crippen LogP contribution in [-0.4, -0.2) is 82.8 Å². The molecule has 31 heavy (non-hydrogen) atoms. The standard InChI is InChI=1S/C22H29N5O4/c1-24-12-14-25(15-13-24)17-4-2-16(3-5-17)21(30)26-9-6-18(19(28)7-10-26)27-11-8-20(29)23-22(27)31/h2-5,8,11,18-19,28H,6-7,9-10,12-15H2,1H3,(H,23,29,31)/t18-,19-/m0/s1. The van der Waals surface area contributed by atoms with Crippen molar-refractivity contribution in [2.75, 3.05) is 51.2 Å². The molecule has 2 fully saturated rings. The van der Waals surface area contributed by atoms with Crippen molar-refractivity contribution >= 4 is 11.6 Å². The quantitative estimate of drug-likeness (QED) is 0.722. The minimum absolute atomic E-state index is 0.0772. The van der Waals surface area contributed by atoms with Crippen LogP contribution >= 0.6 is 0 Å². The number of nitrogens with one attached hydrogen (secondary N) is 1. The van der Waals surface area contributed by atoms with Crippen molar-refractivity contribution in [1.82, 2.24) is 19.4 Å². The third-order valence-corrected chi connectivity index (χ3v) is 6.31. The van der Waals surface area contributed by atoms with Gasteiger partial charge in [0, 0.05) is 62.8 Å². The molecule has 3 heterocycles. The fourth-order valence-corrected chi connectivity index (χ4v) is 4.35. The fourth-order valence-electron chi connectivity index (χ4n) is 4.35. The van der Waals surface area contributed by atoms with E-state index in [1.54, 1.807) is 4.90 Å². The van der Waals surface area contributed by atoms with Crippen LogP contribution in [0.2, 0.25) is 0 Å². The first-order valence-electron chi connectivity index (χ1n) is 10.7. The molecule has 4 rings (SSSR count). The SMILES string of the molecule is CN1CCN(c2ccc(C(=O)N3CC[C@H](O)[C@@H](n4ccc(=O)[nH]c4=O)CC3)cc2)CC1. The zero-order valence-corrected chi connectivity index (χ0v) is 17.7. The zero-order chi connectivity index (χ0) is 22.0. The third kappa shape index (κ3) is 4.72. The molecule has 1 aromatic heterocycles. The Bertz CT molecular complexity index is 1020. The lowest BCUT2D eigenvalue weighted by molar-refractivity contribution is 0.0751. The van der Waals surface area contributed by atoms with Gasteiger partial charge in [0.2, 0.25) is 0 Å². The summed E-state index contributed by atoms with van der Waals surface area (Å²) in [5, 5.41) is 10.6. The van der Waals surface area contributed by atoms with Gasteiger partial charge in [0.15, 0.2) is 0 Å². The van der Waals surface area contributed by atoms with Crippen molar-refractivity contribution in [2.24, 2.45) is 0 Å². The van der Waals surface area contributed by atoms with Gasteiger partial charge in [-0.1, -0.05) is 0 Å². The number of hydrogen-bond acceptors (Lipinski definition) is 6. The summed E-state index contributed by atoms with van der Waals surface area (Å²) in [7, 11) is 2.12. The summed E-state index contributed by atoms with van der Waals surface area (Å²) in [5.41, 5.74) is 0.720. The molecule has 2 aromatic rings. The molecule has 0 saturated carbocycles. The van der Waals surface area contributed by atoms with Gasteiger partial charge in [-0.2, -0.15) is 0 Å². The number of piperazine rings is 1. The van der Waals surface area contributed by atoms with E-state index in [4.69, 9.17) is 0 Å². The van der Waals surface area contributed by atoms with Crippen LogP contribution in [0.15, 0.2) is 46.1 Å². The molecule has 1 aromatic carbocycles. The molecular formula is C22H29N5O4. The van der Waals surface area contributed by atoms with E-state index in [-0.39, 0.29) is 5.91 Å². The minimum atomic E-state index is -0.777. The summed E-state index contributed by atoms with van der Waals surface area (Å²) in [4.78, 5) is 45.1. The Hall–Kier alpha value is -2.91. The summed E-state index contributed by atoms with van der Waals surface area (Å²) in [5.74, 6) is -0.0772. The Morgan fingerprint density at radius 3 is 2.32 bits per heavy atom. The summed E-state index contributed by atoms with van der Waals surface area (Å²) < 4.78 is 1.35. The predicted octanol–water partition coefficient (Wildman–Crippen LogP) is 0.127. The smallest absolute Gasteiger partial charge is 0.328 e. The molecule has 0 bridgehead atoms. The molecule has 2 N–H and O–H groups in total. The molecule has 1 amide bonds. The Morgan fingerprint density at radius 2 is 1.65 bits per heavy atom. The monoisotopic (exact) mass is 427 g/mol. The van der Waals surface area contributed by atoms with E-state index < -0.39 is 23.4 Å². The van der Waals surface area contributed by atoms with E-state index in [1.165, 1.54) is 16.8 Å². The predicted molar refractivity (Wildman–Crippen MR) is 118 cm³/mol. The lowest BCUT2D eigenvalue weighted by Gasteiger charge is -2.34. The molecule has 9 heteroatoms. The number of amides is 1. The first-order valence-corrected chi connectivity index (χ1v) is 10.7. The normalized spacial score (nSPS) is 22.9. The van der Waals surface area contributed by atoms with Gasteiger partial charge in [-0.25, -0.2) is 4.79 Å². The van der Waals surface area contributed by atoms with Crippen LogP contribution in [0.4, 0.5) is 5.69 Å². The van der Waals surface area contributed by atoms with Crippen LogP contribution < -0.4 is 16.1 Å². The van der Waals surface area contributed by atoms with Gasteiger partial charge in [-0.05, 0) is 44.2 Å². The maximum absolute atomic E-state index is 13.1. The number of likely N-dealkylation sites (tertiary alicyclic amines) is 1. The number of aliphatic hydroxyl groups is 1. The number of nitrogens with zero attached hydrogens (tertiary/aromatic N) is 4. The number of carbonyl (C=O) groups excluding carboxylic acids is 1. The number of anilines is 1. The highest BCUT2D eigenvalue weighted by Gasteiger charge is 2.29. The topological polar surface area (TPSA) is 102 Å². The molecule has 2 saturated heterocycles. The molecule has 0 spiro atoms. The maximum Gasteiger partial charge on any atom is 0.328 e. The number of H-pyrrole nitrogens is 1. The molecule has 9 nitrogen and oxygen atoms in total. The van der Waals surface area contributed by atoms with E-state index in [2.05, 4.69) is 21.8 Å². The summed E-state index contributed by atoms with van der Waals surface area (Å²) >= 11 is 0. The van der Waals surface area contributed by atoms with Crippen molar-refractivity contribution in [3.63, 3.8) is 0 Å². The van der Waals surface area contributed by atoms with E-state index in [1.807, 2.05) is 24.3 Å². The van der Waals surface area contributed by atoms with Crippen LogP contribution in [0.3, 0.4) is 0 Å². The number of likely N-dealkylation sites (N-methyl/N-ethyl adjacent to an activating group) is 1. The lowest BCUT2D eigenvalue weighted by Crippen LogP contribution is -2.44. The maximum atomic E-state index is 13.1. The summed E-state index contributed by atoms with van der Waals surface area (Å²) in [6.07, 6.45) is 1.42. The molecule has 0 unspecified atom stereocenters. The number of hydrogen-bond donors (Lipinski definition) is 2. The Morgan fingerprint density at radius 1 is 0.968 bits per heavy atom. The van der Waals surface area contributed by atoms with Crippen molar-refractivity contribution in [3.05, 3.63) is 62.9 Å². The Balaban J connectivity index is 1.43. The summed E-state index contributed by atoms with van der Waals surface area (Å²) in [6.45, 7) is 4.83. The van der Waals surface area contributed by atoms with Crippen molar-refractivity contribution in [3.8, 4) is 0 Å². The van der Waals surface area contributed by atoms with E-state index in [0.717, 1.165) is 31.9 Å². The number of aromatic amines is 1. The first-order chi connectivity index (χ1) is 14.9. The highest BCUT2D eigenvalue weighted by molar-refractivity contribution is 5.94. The molecule has 2 aliphatic heterocycles. The molecular weight excluding hydrogens is 398 g/mol. The third-order valence-electron chi connectivity index (χ3n) is 6.31. The van der Waals surface area contributed by atoms with Crippen LogP contribution in [0.1, 0.15) is 29.2 Å². The Kier molecular flexibility index (Phi) is 6.24. The summed E-state index contributed by atoms with van der Waals surface area (Å²) in [6, 6.07) is 8.50. The second-order valence-electron chi connectivity index (χ2n) is 8.36. The first kappa shape index (κ1) is 21.3. The van der Waals surface area contributed by atoms with E-state index >= 15 is 0 Å². The second kappa shape index (κ2) is 9.07. The number of carbonyl (C=O) groups is 1. The molecule has 0 radical (unpaired) electrons. The van der Waals surface area contributed by atoms with Gasteiger partial charge >= 0.3 is 5.69 Å². The number of benzene rings is 1. The van der Waals surface area contributed by atoms with Gasteiger partial charge in [-0.15, -0.1) is 0 Å². The van der Waals surface area contributed by atoms with Gasteiger partial charge in [-0.3, -0.25) is 19.1 Å². The van der Waals surface area contributed by atoms with Crippen molar-refractivity contribution < 1.29 is 9.90 Å². The average molecular weight is 428 g/mol. The van der Waals surface area contributed by atoms with E-state index in [9.17, 15) is 19.5 Å². The van der Waals surface area contributed by atoms with Crippen molar-refractivity contribution in [1.29, 1.82) is 0 Å². The fraction of sp³-hybridized carbons (Fsp3) is 0.500. The molecule has 0 aliphatic carbocycles. The lowest BCUT2D eigenvalue weighted by atomic mass is 10.1. The van der Waals surface area contributed by atoms with Crippen LogP contribution in [0, 0.1) is 0 Å². The van der Waals surface area contributed by atoms with Crippen LogP contribution in [0.25, 0.3) is 0 Å². The van der Waals surface area contributed by atoms with Gasteiger partial charge < -0.3 is 19.8 Å². The highest BCUT2D eigenvalue weighted by Crippen LogP contribution is 2.24. The van der Waals surface area contributed by atoms with Gasteiger partial charge in [0.25, 0.3) is 11.5 Å². The van der Waals surface area contributed by atoms with Crippen LogP contribution in [0.5, 0.6) is 0 Å². The Labute approximate surface area is 180 Å². The second-order valence-corrected chi connectivity index (χ2v) is 8.36. The number of aromatic nitrogens is 2. The van der Waals surface area contributed by atoms with E-state index in [0.29, 0.717) is 31.5 Å². The minimum Gasteiger partial charge on any atom is -0.391 e. The number of rotatable bonds is 3. The highest BCUT2D eigenvalue weighted by atomic mass is 16.3. The largest absolute Gasteiger partial charge is 0.391 e. The number of aliphatic hydroxyl groups excluding tert-OH is 1. The molecule has 2 aliphatic rings. The van der Waals surface area contributed by atoms with Gasteiger partial charge in [0.1, 0.15) is 0 Å². The van der Waals surface area contributed by atoms with Crippen LogP contribution in [-0.2, 0) is 0 Å². The molecule has 166 valence electrons. The van der Waals surface area contributed by atoms with Gasteiger partial charge in [0.05, 0.1) is 12.1 Å². The molecule has 2 atom stereocenters.